The minimum atomic E-state index is -1.19. The van der Waals surface area contributed by atoms with Crippen LogP contribution in [-0.2, 0) is 19.3 Å². The van der Waals surface area contributed by atoms with Gasteiger partial charge in [-0.2, -0.15) is 5.10 Å². The summed E-state index contributed by atoms with van der Waals surface area (Å²) in [6.45, 7) is 7.04. The highest BCUT2D eigenvalue weighted by Gasteiger charge is 2.21. The molecule has 0 bridgehead atoms. The summed E-state index contributed by atoms with van der Waals surface area (Å²) in [5.74, 6) is 0.580. The summed E-state index contributed by atoms with van der Waals surface area (Å²) in [5.41, 5.74) is 2.21. The number of hydrogen-bond acceptors (Lipinski definition) is 7. The Bertz CT molecular complexity index is 1420. The molecule has 0 aliphatic carbocycles. The molecule has 4 aromatic rings. The third-order valence-electron chi connectivity index (χ3n) is 5.24. The van der Waals surface area contributed by atoms with Crippen molar-refractivity contribution in [3.05, 3.63) is 81.1 Å². The van der Waals surface area contributed by atoms with E-state index in [9.17, 15) is 9.90 Å². The fourth-order valence-electron chi connectivity index (χ4n) is 3.48. The first-order chi connectivity index (χ1) is 16.0. The summed E-state index contributed by atoms with van der Waals surface area (Å²) in [5, 5.41) is 14.5. The van der Waals surface area contributed by atoms with Crippen molar-refractivity contribution in [3.8, 4) is 22.7 Å². The van der Waals surface area contributed by atoms with Gasteiger partial charge in [-0.3, -0.25) is 19.0 Å². The predicted octanol–water partition coefficient (Wildman–Crippen LogP) is 3.50. The Morgan fingerprint density at radius 1 is 1.18 bits per heavy atom. The fraction of sp³-hybridized carbons (Fsp3) is 0.292. The summed E-state index contributed by atoms with van der Waals surface area (Å²) in [6, 6.07) is 7.09. The topological polar surface area (TPSA) is 108 Å². The summed E-state index contributed by atoms with van der Waals surface area (Å²) >= 11 is 6.42. The Kier molecular flexibility index (Phi) is 6.24. The molecule has 4 heterocycles. The van der Waals surface area contributed by atoms with E-state index in [1.54, 1.807) is 50.0 Å². The smallest absolute Gasteiger partial charge is 0.277 e. The highest BCUT2D eigenvalue weighted by atomic mass is 35.5. The largest absolute Gasteiger partial charge is 0.485 e. The lowest BCUT2D eigenvalue weighted by molar-refractivity contribution is 0.0688. The second kappa shape index (κ2) is 9.00. The quantitative estimate of drug-likeness (QED) is 0.450. The predicted molar refractivity (Wildman–Crippen MR) is 128 cm³/mol. The van der Waals surface area contributed by atoms with Gasteiger partial charge in [-0.1, -0.05) is 11.6 Å². The van der Waals surface area contributed by atoms with Crippen LogP contribution in [-0.4, -0.2) is 34.4 Å². The molecule has 0 unspecified atom stereocenters. The summed E-state index contributed by atoms with van der Waals surface area (Å²) in [7, 11) is 1.82. The zero-order valence-corrected chi connectivity index (χ0v) is 20.3. The van der Waals surface area contributed by atoms with Gasteiger partial charge in [0.25, 0.3) is 5.56 Å². The number of nitrogens with zero attached hydrogens (tertiary/aromatic N) is 6. The van der Waals surface area contributed by atoms with Crippen molar-refractivity contribution in [3.63, 3.8) is 0 Å². The van der Waals surface area contributed by atoms with E-state index in [1.807, 2.05) is 32.3 Å². The molecule has 4 aromatic heterocycles. The molecule has 4 rings (SSSR count). The van der Waals surface area contributed by atoms with Crippen LogP contribution >= 0.6 is 11.6 Å². The summed E-state index contributed by atoms with van der Waals surface area (Å²) in [4.78, 5) is 26.3. The molecule has 0 fully saturated rings. The van der Waals surface area contributed by atoms with Crippen LogP contribution in [0.5, 0.6) is 5.75 Å². The fourth-order valence-corrected chi connectivity index (χ4v) is 3.67. The van der Waals surface area contributed by atoms with Gasteiger partial charge in [0, 0.05) is 43.0 Å². The Balaban J connectivity index is 1.73. The third-order valence-corrected chi connectivity index (χ3v) is 5.59. The zero-order chi connectivity index (χ0) is 24.6. The van der Waals surface area contributed by atoms with Crippen LogP contribution < -0.4 is 10.3 Å². The maximum Gasteiger partial charge on any atom is 0.277 e. The SMILES string of the molecule is Cc1ncc(-c2ccnc(C(C)(C)O)n2)cc1-n1c(C)cc(OCc2ccn(C)n2)c(Cl)c1=O. The van der Waals surface area contributed by atoms with Crippen LogP contribution in [0.25, 0.3) is 16.9 Å². The minimum Gasteiger partial charge on any atom is -0.485 e. The number of ether oxygens (including phenoxy) is 1. The van der Waals surface area contributed by atoms with E-state index >= 15 is 0 Å². The molecule has 0 saturated heterocycles. The molecule has 10 heteroatoms. The van der Waals surface area contributed by atoms with Crippen LogP contribution in [0.3, 0.4) is 0 Å². The van der Waals surface area contributed by atoms with Gasteiger partial charge < -0.3 is 9.84 Å². The first-order valence-corrected chi connectivity index (χ1v) is 11.0. The van der Waals surface area contributed by atoms with Crippen molar-refractivity contribution >= 4 is 11.6 Å². The maximum atomic E-state index is 13.3. The van der Waals surface area contributed by atoms with Gasteiger partial charge in [0.05, 0.1) is 22.8 Å². The second-order valence-electron chi connectivity index (χ2n) is 8.53. The molecule has 176 valence electrons. The summed E-state index contributed by atoms with van der Waals surface area (Å²) < 4.78 is 8.95. The van der Waals surface area contributed by atoms with E-state index in [-0.39, 0.29) is 17.5 Å². The van der Waals surface area contributed by atoms with Crippen LogP contribution in [0.2, 0.25) is 5.02 Å². The number of halogens is 1. The van der Waals surface area contributed by atoms with Gasteiger partial charge in [0.15, 0.2) is 5.82 Å². The van der Waals surface area contributed by atoms with Crippen molar-refractivity contribution in [2.24, 2.45) is 7.05 Å². The van der Waals surface area contributed by atoms with Gasteiger partial charge in [0.1, 0.15) is 23.0 Å². The lowest BCUT2D eigenvalue weighted by Crippen LogP contribution is -2.23. The van der Waals surface area contributed by atoms with Crippen molar-refractivity contribution in [1.29, 1.82) is 0 Å². The lowest BCUT2D eigenvalue weighted by Gasteiger charge is -2.17. The normalized spacial score (nSPS) is 11.6. The minimum absolute atomic E-state index is 0.0299. The Morgan fingerprint density at radius 3 is 2.62 bits per heavy atom. The zero-order valence-electron chi connectivity index (χ0n) is 19.6. The van der Waals surface area contributed by atoms with Gasteiger partial charge in [-0.15, -0.1) is 0 Å². The molecule has 0 aliphatic rings. The number of aryl methyl sites for hydroxylation is 3. The van der Waals surface area contributed by atoms with E-state index in [1.165, 1.54) is 4.57 Å². The van der Waals surface area contributed by atoms with Gasteiger partial charge in [-0.05, 0) is 45.9 Å². The van der Waals surface area contributed by atoms with Crippen LogP contribution in [0.4, 0.5) is 0 Å². The highest BCUT2D eigenvalue weighted by molar-refractivity contribution is 6.31. The number of aliphatic hydroxyl groups is 1. The first-order valence-electron chi connectivity index (χ1n) is 10.6. The molecule has 0 saturated carbocycles. The maximum absolute atomic E-state index is 13.3. The molecule has 0 aromatic carbocycles. The van der Waals surface area contributed by atoms with Crippen molar-refractivity contribution in [1.82, 2.24) is 29.3 Å². The van der Waals surface area contributed by atoms with Crippen LogP contribution in [0.1, 0.15) is 36.8 Å². The molecule has 34 heavy (non-hydrogen) atoms. The Morgan fingerprint density at radius 2 is 1.94 bits per heavy atom. The number of aromatic nitrogens is 6. The highest BCUT2D eigenvalue weighted by Crippen LogP contribution is 2.27. The molecule has 9 nitrogen and oxygen atoms in total. The van der Waals surface area contributed by atoms with E-state index in [0.29, 0.717) is 34.1 Å². The molecule has 1 N–H and O–H groups in total. The third kappa shape index (κ3) is 4.71. The van der Waals surface area contributed by atoms with Crippen LogP contribution in [0.15, 0.2) is 47.7 Å². The first kappa shape index (κ1) is 23.6. The standard InChI is InChI=1S/C24H25ClN6O3/c1-14-10-20(34-13-17-7-9-30(5)29-17)21(25)22(32)31(14)19-11-16(12-27-15(19)2)18-6-8-26-23(28-18)24(3,4)33/h6-12,33H,13H2,1-5H3. The Hall–Kier alpha value is -3.56. The molecule has 0 amide bonds. The molecular formula is C24H25ClN6O3. The van der Waals surface area contributed by atoms with Crippen molar-refractivity contribution in [2.45, 2.75) is 39.9 Å². The van der Waals surface area contributed by atoms with Crippen LogP contribution in [0, 0.1) is 13.8 Å². The number of rotatable bonds is 6. The molecule has 0 aliphatic heterocycles. The number of hydrogen-bond donors (Lipinski definition) is 1. The second-order valence-corrected chi connectivity index (χ2v) is 8.90. The average Bonchev–Trinajstić information content (AvgIpc) is 3.21. The van der Waals surface area contributed by atoms with Crippen molar-refractivity contribution in [2.75, 3.05) is 0 Å². The Labute approximate surface area is 201 Å². The molecular weight excluding hydrogens is 456 g/mol. The van der Waals surface area contributed by atoms with Crippen molar-refractivity contribution < 1.29 is 9.84 Å². The average molecular weight is 481 g/mol. The summed E-state index contributed by atoms with van der Waals surface area (Å²) in [6.07, 6.45) is 5.06. The number of pyridine rings is 2. The molecule has 0 spiro atoms. The van der Waals surface area contributed by atoms with E-state index < -0.39 is 11.2 Å². The molecule has 0 atom stereocenters. The monoisotopic (exact) mass is 480 g/mol. The van der Waals surface area contributed by atoms with Gasteiger partial charge >= 0.3 is 0 Å². The molecule has 0 radical (unpaired) electrons. The lowest BCUT2D eigenvalue weighted by atomic mass is 10.1. The van der Waals surface area contributed by atoms with E-state index in [2.05, 4.69) is 20.1 Å². The van der Waals surface area contributed by atoms with Gasteiger partial charge in [0.2, 0.25) is 0 Å². The van der Waals surface area contributed by atoms with E-state index in [0.717, 1.165) is 5.69 Å². The van der Waals surface area contributed by atoms with E-state index in [4.69, 9.17) is 16.3 Å². The van der Waals surface area contributed by atoms with Gasteiger partial charge in [-0.25, -0.2) is 9.97 Å².